The third-order valence-corrected chi connectivity index (χ3v) is 3.36. The lowest BCUT2D eigenvalue weighted by Crippen LogP contribution is -2.33. The maximum absolute atomic E-state index is 13.5. The number of aliphatic hydroxyl groups excluding tert-OH is 1. The van der Waals surface area contributed by atoms with Crippen LogP contribution in [0.1, 0.15) is 38.8 Å². The number of aliphatic hydroxyl groups is 1. The minimum absolute atomic E-state index is 0.197. The quantitative estimate of drug-likeness (QED) is 0.821. The van der Waals surface area contributed by atoms with Crippen LogP contribution in [0.5, 0.6) is 0 Å². The topological polar surface area (TPSA) is 32.3 Å². The van der Waals surface area contributed by atoms with Crippen molar-refractivity contribution in [1.29, 1.82) is 0 Å². The molecule has 2 nitrogen and oxygen atoms in total. The Hall–Kier alpha value is -1.00. The second kappa shape index (κ2) is 6.81. The zero-order valence-corrected chi connectivity index (χ0v) is 11.1. The zero-order chi connectivity index (χ0) is 13.7. The van der Waals surface area contributed by atoms with Crippen molar-refractivity contribution in [2.45, 2.75) is 39.3 Å². The van der Waals surface area contributed by atoms with Crippen molar-refractivity contribution in [2.75, 3.05) is 6.54 Å². The Kier molecular flexibility index (Phi) is 5.69. The van der Waals surface area contributed by atoms with E-state index in [4.69, 9.17) is 0 Å². The number of nitrogens with one attached hydrogen (secondary N) is 1. The molecule has 0 saturated carbocycles. The molecule has 0 bridgehead atoms. The van der Waals surface area contributed by atoms with Gasteiger partial charge >= 0.3 is 0 Å². The highest BCUT2D eigenvalue weighted by molar-refractivity contribution is 5.21. The molecule has 0 aliphatic carbocycles. The first kappa shape index (κ1) is 15.1. The third-order valence-electron chi connectivity index (χ3n) is 3.36. The molecule has 0 radical (unpaired) electrons. The molecule has 18 heavy (non-hydrogen) atoms. The average molecular weight is 257 g/mol. The van der Waals surface area contributed by atoms with Crippen molar-refractivity contribution in [3.8, 4) is 0 Å². The van der Waals surface area contributed by atoms with E-state index in [1.807, 2.05) is 13.8 Å². The first-order valence-corrected chi connectivity index (χ1v) is 6.32. The Labute approximate surface area is 107 Å². The molecule has 0 spiro atoms. The highest BCUT2D eigenvalue weighted by Gasteiger charge is 2.15. The average Bonchev–Trinajstić information content (AvgIpc) is 2.34. The SMILES string of the molecule is CCC(C)C(O)CNC(C)c1ccc(F)cc1F. The minimum atomic E-state index is -0.580. The fourth-order valence-electron chi connectivity index (χ4n) is 1.73. The first-order chi connectivity index (χ1) is 8.45. The minimum Gasteiger partial charge on any atom is -0.392 e. The number of rotatable bonds is 6. The van der Waals surface area contributed by atoms with Crippen molar-refractivity contribution < 1.29 is 13.9 Å². The molecule has 0 aliphatic heterocycles. The maximum Gasteiger partial charge on any atom is 0.130 e. The molecule has 0 aliphatic rings. The van der Waals surface area contributed by atoms with Crippen molar-refractivity contribution in [3.05, 3.63) is 35.4 Å². The van der Waals surface area contributed by atoms with E-state index in [1.54, 1.807) is 6.92 Å². The van der Waals surface area contributed by atoms with Crippen molar-refractivity contribution in [2.24, 2.45) is 5.92 Å². The smallest absolute Gasteiger partial charge is 0.130 e. The second-order valence-corrected chi connectivity index (χ2v) is 4.75. The van der Waals surface area contributed by atoms with E-state index >= 15 is 0 Å². The molecule has 3 unspecified atom stereocenters. The van der Waals surface area contributed by atoms with Crippen LogP contribution in [-0.2, 0) is 0 Å². The van der Waals surface area contributed by atoms with Crippen molar-refractivity contribution >= 4 is 0 Å². The fraction of sp³-hybridized carbons (Fsp3) is 0.571. The highest BCUT2D eigenvalue weighted by Crippen LogP contribution is 2.18. The molecule has 0 aromatic heterocycles. The molecule has 1 rings (SSSR count). The van der Waals surface area contributed by atoms with Crippen molar-refractivity contribution in [3.63, 3.8) is 0 Å². The van der Waals surface area contributed by atoms with Crippen LogP contribution >= 0.6 is 0 Å². The summed E-state index contributed by atoms with van der Waals surface area (Å²) in [4.78, 5) is 0. The normalized spacial score (nSPS) is 16.3. The van der Waals surface area contributed by atoms with Crippen LogP contribution in [0.15, 0.2) is 18.2 Å². The Morgan fingerprint density at radius 1 is 1.28 bits per heavy atom. The highest BCUT2D eigenvalue weighted by atomic mass is 19.1. The van der Waals surface area contributed by atoms with Gasteiger partial charge in [-0.25, -0.2) is 8.78 Å². The Morgan fingerprint density at radius 2 is 1.94 bits per heavy atom. The number of hydrogen-bond acceptors (Lipinski definition) is 2. The molecule has 102 valence electrons. The van der Waals surface area contributed by atoms with Gasteiger partial charge in [0.2, 0.25) is 0 Å². The summed E-state index contributed by atoms with van der Waals surface area (Å²) < 4.78 is 26.3. The summed E-state index contributed by atoms with van der Waals surface area (Å²) in [5.41, 5.74) is 0.410. The van der Waals surface area contributed by atoms with Gasteiger partial charge in [-0.1, -0.05) is 26.3 Å². The maximum atomic E-state index is 13.5. The standard InChI is InChI=1S/C14H21F2NO/c1-4-9(2)14(18)8-17-10(3)12-6-5-11(15)7-13(12)16/h5-7,9-10,14,17-18H,4,8H2,1-3H3. The lowest BCUT2D eigenvalue weighted by Gasteiger charge is -2.21. The molecule has 2 N–H and O–H groups in total. The summed E-state index contributed by atoms with van der Waals surface area (Å²) in [5, 5.41) is 12.9. The summed E-state index contributed by atoms with van der Waals surface area (Å²) in [7, 11) is 0. The van der Waals surface area contributed by atoms with Gasteiger partial charge in [-0.15, -0.1) is 0 Å². The van der Waals surface area contributed by atoms with E-state index in [9.17, 15) is 13.9 Å². The van der Waals surface area contributed by atoms with Gasteiger partial charge in [-0.05, 0) is 18.9 Å². The van der Waals surface area contributed by atoms with Gasteiger partial charge in [0, 0.05) is 24.2 Å². The second-order valence-electron chi connectivity index (χ2n) is 4.75. The van der Waals surface area contributed by atoms with Crippen LogP contribution in [0.4, 0.5) is 8.78 Å². The lowest BCUT2D eigenvalue weighted by atomic mass is 10.0. The van der Waals surface area contributed by atoms with Crippen molar-refractivity contribution in [1.82, 2.24) is 5.32 Å². The Bertz CT molecular complexity index is 384. The van der Waals surface area contributed by atoms with E-state index in [0.717, 1.165) is 12.5 Å². The van der Waals surface area contributed by atoms with Crippen LogP contribution in [0.3, 0.4) is 0 Å². The Balaban J connectivity index is 2.57. The fourth-order valence-corrected chi connectivity index (χ4v) is 1.73. The molecule has 3 atom stereocenters. The molecule has 0 saturated heterocycles. The summed E-state index contributed by atoms with van der Waals surface area (Å²) in [5.74, 6) is -0.945. The predicted molar refractivity (Wildman–Crippen MR) is 68.2 cm³/mol. The predicted octanol–water partition coefficient (Wildman–Crippen LogP) is 3.02. The molecule has 0 amide bonds. The van der Waals surface area contributed by atoms with Crippen LogP contribution in [-0.4, -0.2) is 17.8 Å². The van der Waals surface area contributed by atoms with Crippen LogP contribution in [0.25, 0.3) is 0 Å². The molecule has 0 heterocycles. The summed E-state index contributed by atoms with van der Waals surface area (Å²) in [6.07, 6.45) is 0.434. The van der Waals surface area contributed by atoms with Gasteiger partial charge in [-0.3, -0.25) is 0 Å². The van der Waals surface area contributed by atoms with E-state index in [-0.39, 0.29) is 12.0 Å². The van der Waals surface area contributed by atoms with Crippen LogP contribution in [0, 0.1) is 17.6 Å². The number of halogens is 2. The van der Waals surface area contributed by atoms with Gasteiger partial charge in [0.25, 0.3) is 0 Å². The van der Waals surface area contributed by atoms with Gasteiger partial charge < -0.3 is 10.4 Å². The monoisotopic (exact) mass is 257 g/mol. The Morgan fingerprint density at radius 3 is 2.50 bits per heavy atom. The molecular formula is C14H21F2NO. The lowest BCUT2D eigenvalue weighted by molar-refractivity contribution is 0.110. The van der Waals surface area contributed by atoms with E-state index in [1.165, 1.54) is 12.1 Å². The third kappa shape index (κ3) is 4.03. The van der Waals surface area contributed by atoms with E-state index in [2.05, 4.69) is 5.32 Å². The molecular weight excluding hydrogens is 236 g/mol. The van der Waals surface area contributed by atoms with Crippen LogP contribution in [0.2, 0.25) is 0 Å². The first-order valence-electron chi connectivity index (χ1n) is 6.32. The van der Waals surface area contributed by atoms with Gasteiger partial charge in [0.15, 0.2) is 0 Å². The summed E-state index contributed by atoms with van der Waals surface area (Å²) >= 11 is 0. The largest absolute Gasteiger partial charge is 0.392 e. The zero-order valence-electron chi connectivity index (χ0n) is 11.1. The van der Waals surface area contributed by atoms with Gasteiger partial charge in [0.1, 0.15) is 11.6 Å². The molecule has 1 aromatic rings. The number of benzene rings is 1. The summed E-state index contributed by atoms with van der Waals surface area (Å²) in [6.45, 7) is 6.17. The van der Waals surface area contributed by atoms with E-state index < -0.39 is 17.7 Å². The summed E-state index contributed by atoms with van der Waals surface area (Å²) in [6, 6.07) is 3.28. The molecule has 0 fully saturated rings. The molecule has 4 heteroatoms. The molecule has 1 aromatic carbocycles. The number of hydrogen-bond donors (Lipinski definition) is 2. The van der Waals surface area contributed by atoms with Gasteiger partial charge in [0.05, 0.1) is 6.10 Å². The van der Waals surface area contributed by atoms with Gasteiger partial charge in [-0.2, -0.15) is 0 Å². The van der Waals surface area contributed by atoms with E-state index in [0.29, 0.717) is 12.1 Å². The van der Waals surface area contributed by atoms with Crippen LogP contribution < -0.4 is 5.32 Å².